The SMILES string of the molecule is COCCOc1cc(F)cc(-c2cnc3ccc(-c4cc(F)cc(C#N)c4)cc3c2C(=O)N(C)C[C@@H]2CCCN2C(=O)O)c1. The number of likely N-dealkylation sites (tertiary alicyclic amines) is 1. The topological polar surface area (TPSA) is 116 Å². The summed E-state index contributed by atoms with van der Waals surface area (Å²) in [4.78, 5) is 33.4. The summed E-state index contributed by atoms with van der Waals surface area (Å²) in [5, 5.41) is 19.4. The van der Waals surface area contributed by atoms with Crippen LogP contribution in [0.2, 0.25) is 0 Å². The van der Waals surface area contributed by atoms with Gasteiger partial charge in [0.1, 0.15) is 24.0 Å². The van der Waals surface area contributed by atoms with E-state index >= 15 is 0 Å². The lowest BCUT2D eigenvalue weighted by atomic mass is 9.94. The molecule has 0 saturated carbocycles. The molecular weight excluding hydrogens is 570 g/mol. The van der Waals surface area contributed by atoms with Crippen LogP contribution in [0.5, 0.6) is 5.75 Å². The highest BCUT2D eigenvalue weighted by atomic mass is 19.1. The zero-order chi connectivity index (χ0) is 31.4. The Labute approximate surface area is 252 Å². The smallest absolute Gasteiger partial charge is 0.407 e. The zero-order valence-corrected chi connectivity index (χ0v) is 24.2. The van der Waals surface area contributed by atoms with Crippen LogP contribution in [0.25, 0.3) is 33.2 Å². The second-order valence-corrected chi connectivity index (χ2v) is 10.6. The molecule has 11 heteroatoms. The third kappa shape index (κ3) is 6.45. The largest absolute Gasteiger partial charge is 0.491 e. The van der Waals surface area contributed by atoms with Gasteiger partial charge in [0.25, 0.3) is 5.91 Å². The maximum absolute atomic E-state index is 14.9. The van der Waals surface area contributed by atoms with Crippen LogP contribution in [0, 0.1) is 23.0 Å². The molecule has 2 heterocycles. The van der Waals surface area contributed by atoms with Gasteiger partial charge in [-0.15, -0.1) is 0 Å². The monoisotopic (exact) mass is 600 g/mol. The molecule has 0 radical (unpaired) electrons. The number of nitrogens with zero attached hydrogens (tertiary/aromatic N) is 4. The zero-order valence-electron chi connectivity index (χ0n) is 24.2. The first-order valence-corrected chi connectivity index (χ1v) is 14.0. The molecule has 5 rings (SSSR count). The maximum atomic E-state index is 14.9. The number of carbonyl (C=O) groups excluding carboxylic acids is 1. The molecule has 0 bridgehead atoms. The third-order valence-electron chi connectivity index (χ3n) is 7.63. The number of carbonyl (C=O) groups is 2. The fourth-order valence-electron chi connectivity index (χ4n) is 5.55. The molecule has 1 saturated heterocycles. The Kier molecular flexibility index (Phi) is 9.01. The first kappa shape index (κ1) is 30.4. The Morgan fingerprint density at radius 2 is 1.84 bits per heavy atom. The van der Waals surface area contributed by atoms with Crippen LogP contribution in [0.3, 0.4) is 0 Å². The Bertz CT molecular complexity index is 1770. The van der Waals surface area contributed by atoms with Gasteiger partial charge in [-0.05, 0) is 72.0 Å². The van der Waals surface area contributed by atoms with Crippen LogP contribution in [0.1, 0.15) is 28.8 Å². The summed E-state index contributed by atoms with van der Waals surface area (Å²) in [7, 11) is 3.12. The number of rotatable bonds is 9. The molecule has 9 nitrogen and oxygen atoms in total. The van der Waals surface area contributed by atoms with Crippen molar-refractivity contribution in [3.05, 3.63) is 83.6 Å². The number of aromatic nitrogens is 1. The number of hydrogen-bond acceptors (Lipinski definition) is 6. The Morgan fingerprint density at radius 3 is 2.59 bits per heavy atom. The molecule has 4 aromatic rings. The predicted octanol–water partition coefficient (Wildman–Crippen LogP) is 5.96. The summed E-state index contributed by atoms with van der Waals surface area (Å²) in [6.07, 6.45) is 1.76. The van der Waals surface area contributed by atoms with Crippen molar-refractivity contribution >= 4 is 22.9 Å². The van der Waals surface area contributed by atoms with Crippen molar-refractivity contribution in [2.24, 2.45) is 0 Å². The average molecular weight is 601 g/mol. The predicted molar refractivity (Wildman–Crippen MR) is 159 cm³/mol. The van der Waals surface area contributed by atoms with Crippen LogP contribution in [0.15, 0.2) is 60.8 Å². The molecule has 1 atom stereocenters. The molecule has 1 aliphatic rings. The molecule has 226 valence electrons. The van der Waals surface area contributed by atoms with Gasteiger partial charge in [-0.1, -0.05) is 6.07 Å². The van der Waals surface area contributed by atoms with Crippen LogP contribution >= 0.6 is 0 Å². The van der Waals surface area contributed by atoms with Crippen molar-refractivity contribution in [1.29, 1.82) is 5.26 Å². The Morgan fingerprint density at radius 1 is 1.07 bits per heavy atom. The van der Waals surface area contributed by atoms with E-state index in [1.54, 1.807) is 37.4 Å². The number of fused-ring (bicyclic) bond motifs is 1. The van der Waals surface area contributed by atoms with Crippen LogP contribution in [-0.4, -0.2) is 78.4 Å². The van der Waals surface area contributed by atoms with Gasteiger partial charge in [-0.2, -0.15) is 5.26 Å². The summed E-state index contributed by atoms with van der Waals surface area (Å²) >= 11 is 0. The quantitative estimate of drug-likeness (QED) is 0.236. The fraction of sp³-hybridized carbons (Fsp3) is 0.273. The van der Waals surface area contributed by atoms with Crippen molar-refractivity contribution in [2.45, 2.75) is 18.9 Å². The first-order chi connectivity index (χ1) is 21.2. The number of amides is 2. The standard InChI is InChI=1S/C33H30F2N4O5/c1-38(19-26-4-3-7-39(26)33(41)42)32(40)31-28-15-21(22-10-20(17-36)11-24(34)12-22)5-6-30(28)37-18-29(31)23-13-25(35)16-27(14-23)44-9-8-43-2/h5-6,10-16,18,26H,3-4,7-9,19H2,1-2H3,(H,41,42)/t26-/m0/s1. The highest BCUT2D eigenvalue weighted by molar-refractivity contribution is 6.12. The molecule has 0 aliphatic carbocycles. The van der Waals surface area contributed by atoms with E-state index in [0.717, 1.165) is 6.07 Å². The van der Waals surface area contributed by atoms with Crippen molar-refractivity contribution in [2.75, 3.05) is 40.5 Å². The van der Waals surface area contributed by atoms with Crippen molar-refractivity contribution < 1.29 is 33.0 Å². The molecule has 44 heavy (non-hydrogen) atoms. The molecule has 1 aromatic heterocycles. The highest BCUT2D eigenvalue weighted by Gasteiger charge is 2.31. The average Bonchev–Trinajstić information content (AvgIpc) is 3.48. The number of methoxy groups -OCH3 is 1. The van der Waals surface area contributed by atoms with E-state index in [9.17, 15) is 28.7 Å². The van der Waals surface area contributed by atoms with Gasteiger partial charge in [0.2, 0.25) is 0 Å². The molecule has 0 unspecified atom stereocenters. The number of carboxylic acid groups (broad SMARTS) is 1. The van der Waals surface area contributed by atoms with E-state index < -0.39 is 23.6 Å². The first-order valence-electron chi connectivity index (χ1n) is 14.0. The highest BCUT2D eigenvalue weighted by Crippen LogP contribution is 2.35. The Hall–Kier alpha value is -5.08. The van der Waals surface area contributed by atoms with E-state index in [1.807, 2.05) is 6.07 Å². The van der Waals surface area contributed by atoms with Crippen molar-refractivity contribution in [1.82, 2.24) is 14.8 Å². The van der Waals surface area contributed by atoms with Gasteiger partial charge in [0.15, 0.2) is 0 Å². The molecule has 3 aromatic carbocycles. The third-order valence-corrected chi connectivity index (χ3v) is 7.63. The molecular formula is C33H30F2N4O5. The van der Waals surface area contributed by atoms with Gasteiger partial charge in [0, 0.05) is 50.5 Å². The van der Waals surface area contributed by atoms with Crippen molar-refractivity contribution in [3.63, 3.8) is 0 Å². The second kappa shape index (κ2) is 13.1. The van der Waals surface area contributed by atoms with E-state index in [1.165, 1.54) is 41.3 Å². The lowest BCUT2D eigenvalue weighted by Gasteiger charge is -2.28. The maximum Gasteiger partial charge on any atom is 0.407 e. The lowest BCUT2D eigenvalue weighted by Crippen LogP contribution is -2.43. The van der Waals surface area contributed by atoms with E-state index in [4.69, 9.17) is 9.47 Å². The number of pyridine rings is 1. The summed E-state index contributed by atoms with van der Waals surface area (Å²) in [6, 6.07) is 14.8. The minimum absolute atomic E-state index is 0.142. The summed E-state index contributed by atoms with van der Waals surface area (Å²) < 4.78 is 39.9. The van der Waals surface area contributed by atoms with Gasteiger partial charge in [0.05, 0.1) is 35.4 Å². The lowest BCUT2D eigenvalue weighted by molar-refractivity contribution is 0.0746. The van der Waals surface area contributed by atoms with E-state index in [2.05, 4.69) is 4.98 Å². The van der Waals surface area contributed by atoms with E-state index in [-0.39, 0.29) is 36.1 Å². The summed E-state index contributed by atoms with van der Waals surface area (Å²) in [5.41, 5.74) is 2.48. The summed E-state index contributed by atoms with van der Waals surface area (Å²) in [5.74, 6) is -1.35. The fourth-order valence-corrected chi connectivity index (χ4v) is 5.55. The number of hydrogen-bond donors (Lipinski definition) is 1. The van der Waals surface area contributed by atoms with Crippen LogP contribution in [0.4, 0.5) is 13.6 Å². The van der Waals surface area contributed by atoms with E-state index in [0.29, 0.717) is 59.2 Å². The minimum atomic E-state index is -1.04. The second-order valence-electron chi connectivity index (χ2n) is 10.6. The minimum Gasteiger partial charge on any atom is -0.491 e. The molecule has 0 spiro atoms. The van der Waals surface area contributed by atoms with Gasteiger partial charge < -0.3 is 24.4 Å². The van der Waals surface area contributed by atoms with Gasteiger partial charge >= 0.3 is 6.09 Å². The number of likely N-dealkylation sites (N-methyl/N-ethyl adjacent to an activating group) is 1. The van der Waals surface area contributed by atoms with Crippen molar-refractivity contribution in [3.8, 4) is 34.1 Å². The number of benzene rings is 3. The molecule has 2 amide bonds. The molecule has 1 aliphatic heterocycles. The number of halogens is 2. The molecule has 1 fully saturated rings. The normalized spacial score (nSPS) is 14.4. The Balaban J connectivity index is 1.66. The number of ether oxygens (including phenoxy) is 2. The van der Waals surface area contributed by atoms with Crippen LogP contribution in [-0.2, 0) is 4.74 Å². The van der Waals surface area contributed by atoms with Gasteiger partial charge in [-0.25, -0.2) is 13.6 Å². The number of nitriles is 1. The molecule has 1 N–H and O–H groups in total. The van der Waals surface area contributed by atoms with Crippen LogP contribution < -0.4 is 4.74 Å². The van der Waals surface area contributed by atoms with Gasteiger partial charge in [-0.3, -0.25) is 9.78 Å². The summed E-state index contributed by atoms with van der Waals surface area (Å²) in [6.45, 7) is 1.02.